The van der Waals surface area contributed by atoms with Gasteiger partial charge >= 0.3 is 0 Å². The van der Waals surface area contributed by atoms with E-state index in [9.17, 15) is 5.11 Å². The summed E-state index contributed by atoms with van der Waals surface area (Å²) < 4.78 is 10.6. The minimum Gasteiger partial charge on any atom is -0.491 e. The van der Waals surface area contributed by atoms with E-state index in [2.05, 4.69) is 4.98 Å². The highest BCUT2D eigenvalue weighted by Crippen LogP contribution is 2.19. The van der Waals surface area contributed by atoms with Gasteiger partial charge in [-0.3, -0.25) is 4.98 Å². The molecule has 2 rings (SSSR count). The van der Waals surface area contributed by atoms with Crippen LogP contribution in [0.2, 0.25) is 0 Å². The third kappa shape index (κ3) is 3.42. The minimum absolute atomic E-state index is 0.233. The van der Waals surface area contributed by atoms with Gasteiger partial charge in [0.25, 0.3) is 0 Å². The van der Waals surface area contributed by atoms with Crippen LogP contribution in [0, 0.1) is 0 Å². The summed E-state index contributed by atoms with van der Waals surface area (Å²) >= 11 is 0. The van der Waals surface area contributed by atoms with Crippen molar-refractivity contribution >= 4 is 10.8 Å². The number of benzene rings is 1. The van der Waals surface area contributed by atoms with Crippen molar-refractivity contribution in [2.75, 3.05) is 19.8 Å². The molecule has 0 aliphatic carbocycles. The quantitative estimate of drug-likeness (QED) is 0.848. The lowest BCUT2D eigenvalue weighted by atomic mass is 10.2. The van der Waals surface area contributed by atoms with Crippen LogP contribution in [-0.4, -0.2) is 36.0 Å². The second-order valence-electron chi connectivity index (χ2n) is 4.01. The lowest BCUT2D eigenvalue weighted by Gasteiger charge is -2.12. The molecule has 1 N–H and O–H groups in total. The van der Waals surface area contributed by atoms with Crippen LogP contribution in [0.4, 0.5) is 0 Å². The molecule has 0 saturated heterocycles. The number of aliphatic hydroxyl groups excluding tert-OH is 1. The minimum atomic E-state index is -0.599. The summed E-state index contributed by atoms with van der Waals surface area (Å²) in [5, 5.41) is 11.7. The van der Waals surface area contributed by atoms with Gasteiger partial charge in [-0.15, -0.1) is 0 Å². The van der Waals surface area contributed by atoms with Crippen LogP contribution < -0.4 is 4.74 Å². The van der Waals surface area contributed by atoms with E-state index >= 15 is 0 Å². The number of hydrogen-bond acceptors (Lipinski definition) is 4. The monoisotopic (exact) mass is 247 g/mol. The van der Waals surface area contributed by atoms with Crippen molar-refractivity contribution in [1.82, 2.24) is 4.98 Å². The molecule has 0 radical (unpaired) electrons. The van der Waals surface area contributed by atoms with Gasteiger partial charge in [0.2, 0.25) is 0 Å². The van der Waals surface area contributed by atoms with E-state index in [0.717, 1.165) is 16.5 Å². The van der Waals surface area contributed by atoms with E-state index in [1.807, 2.05) is 37.4 Å². The molecule has 1 atom stereocenters. The van der Waals surface area contributed by atoms with Crippen LogP contribution in [0.5, 0.6) is 5.75 Å². The molecular weight excluding hydrogens is 230 g/mol. The maximum Gasteiger partial charge on any atom is 0.120 e. The predicted octanol–water partition coefficient (Wildman–Crippen LogP) is 2.01. The van der Waals surface area contributed by atoms with Gasteiger partial charge in [0.05, 0.1) is 6.61 Å². The maximum absolute atomic E-state index is 9.59. The maximum atomic E-state index is 9.59. The molecule has 4 nitrogen and oxygen atoms in total. The van der Waals surface area contributed by atoms with Gasteiger partial charge in [0.15, 0.2) is 0 Å². The Bertz CT molecular complexity index is 501. The first-order chi connectivity index (χ1) is 8.79. The highest BCUT2D eigenvalue weighted by molar-refractivity contribution is 5.82. The second kappa shape index (κ2) is 6.33. The number of hydrogen-bond donors (Lipinski definition) is 1. The Hall–Kier alpha value is -1.65. The van der Waals surface area contributed by atoms with Crippen molar-refractivity contribution in [1.29, 1.82) is 0 Å². The normalized spacial score (nSPS) is 12.6. The topological polar surface area (TPSA) is 51.6 Å². The molecule has 0 spiro atoms. The Labute approximate surface area is 106 Å². The first-order valence-corrected chi connectivity index (χ1v) is 6.02. The lowest BCUT2D eigenvalue weighted by molar-refractivity contribution is 0.0165. The van der Waals surface area contributed by atoms with Crippen molar-refractivity contribution in [3.63, 3.8) is 0 Å². The summed E-state index contributed by atoms with van der Waals surface area (Å²) in [6, 6.07) is 7.69. The fourth-order valence-corrected chi connectivity index (χ4v) is 1.65. The summed E-state index contributed by atoms with van der Waals surface area (Å²) in [7, 11) is 0. The van der Waals surface area contributed by atoms with Crippen molar-refractivity contribution in [3.05, 3.63) is 36.7 Å². The smallest absolute Gasteiger partial charge is 0.120 e. The zero-order chi connectivity index (χ0) is 12.8. The number of aromatic nitrogens is 1. The molecule has 2 aromatic rings. The molecule has 1 heterocycles. The molecule has 0 amide bonds. The number of aliphatic hydroxyl groups is 1. The molecular formula is C14H17NO3. The molecule has 0 fully saturated rings. The first kappa shape index (κ1) is 12.8. The van der Waals surface area contributed by atoms with Crippen molar-refractivity contribution in [2.24, 2.45) is 0 Å². The van der Waals surface area contributed by atoms with Gasteiger partial charge in [0.1, 0.15) is 18.5 Å². The summed E-state index contributed by atoms with van der Waals surface area (Å²) in [5.41, 5.74) is 0. The molecule has 96 valence electrons. The zero-order valence-corrected chi connectivity index (χ0v) is 10.4. The number of fused-ring (bicyclic) bond motifs is 1. The predicted molar refractivity (Wildman–Crippen MR) is 69.7 cm³/mol. The van der Waals surface area contributed by atoms with E-state index in [0.29, 0.717) is 13.2 Å². The Morgan fingerprint density at radius 1 is 1.22 bits per heavy atom. The van der Waals surface area contributed by atoms with Gasteiger partial charge in [-0.2, -0.15) is 0 Å². The number of pyridine rings is 1. The van der Waals surface area contributed by atoms with Crippen LogP contribution in [0.3, 0.4) is 0 Å². The average molecular weight is 247 g/mol. The van der Waals surface area contributed by atoms with Crippen LogP contribution >= 0.6 is 0 Å². The molecule has 0 aliphatic rings. The number of nitrogens with zero attached hydrogens (tertiary/aromatic N) is 1. The van der Waals surface area contributed by atoms with Crippen molar-refractivity contribution < 1.29 is 14.6 Å². The van der Waals surface area contributed by atoms with E-state index < -0.39 is 6.10 Å². The number of ether oxygens (including phenoxy) is 2. The van der Waals surface area contributed by atoms with E-state index in [4.69, 9.17) is 9.47 Å². The molecule has 1 aromatic carbocycles. The summed E-state index contributed by atoms with van der Waals surface area (Å²) in [6.45, 7) is 3.02. The van der Waals surface area contributed by atoms with Crippen LogP contribution in [0.25, 0.3) is 10.8 Å². The molecule has 18 heavy (non-hydrogen) atoms. The summed E-state index contributed by atoms with van der Waals surface area (Å²) in [5.74, 6) is 0.740. The SMILES string of the molecule is CCOCC(O)COc1ccc2cnccc2c1. The van der Waals surface area contributed by atoms with Crippen molar-refractivity contribution in [2.45, 2.75) is 13.0 Å². The second-order valence-corrected chi connectivity index (χ2v) is 4.01. The molecule has 0 bridgehead atoms. The largest absolute Gasteiger partial charge is 0.491 e. The fourth-order valence-electron chi connectivity index (χ4n) is 1.65. The molecule has 1 unspecified atom stereocenters. The lowest BCUT2D eigenvalue weighted by Crippen LogP contribution is -2.23. The fraction of sp³-hybridized carbons (Fsp3) is 0.357. The molecule has 4 heteroatoms. The standard InChI is InChI=1S/C14H17NO3/c1-2-17-9-13(16)10-18-14-4-3-12-8-15-6-5-11(12)7-14/h3-8,13,16H,2,9-10H2,1H3. The summed E-state index contributed by atoms with van der Waals surface area (Å²) in [6.07, 6.45) is 2.96. The van der Waals surface area contributed by atoms with Gasteiger partial charge < -0.3 is 14.6 Å². The first-order valence-electron chi connectivity index (χ1n) is 6.02. The van der Waals surface area contributed by atoms with Crippen LogP contribution in [0.15, 0.2) is 36.7 Å². The van der Waals surface area contributed by atoms with Crippen LogP contribution in [0.1, 0.15) is 6.92 Å². The third-order valence-corrected chi connectivity index (χ3v) is 2.57. The highest BCUT2D eigenvalue weighted by Gasteiger charge is 2.05. The summed E-state index contributed by atoms with van der Waals surface area (Å²) in [4.78, 5) is 4.05. The van der Waals surface area contributed by atoms with Gasteiger partial charge in [-0.05, 0) is 36.6 Å². The highest BCUT2D eigenvalue weighted by atomic mass is 16.5. The Balaban J connectivity index is 1.95. The van der Waals surface area contributed by atoms with Crippen LogP contribution in [-0.2, 0) is 4.74 Å². The molecule has 1 aromatic heterocycles. The number of rotatable bonds is 6. The Morgan fingerprint density at radius 3 is 2.94 bits per heavy atom. The van der Waals surface area contributed by atoms with Crippen molar-refractivity contribution in [3.8, 4) is 5.75 Å². The Kier molecular flexibility index (Phi) is 4.50. The molecule has 0 aliphatic heterocycles. The van der Waals surface area contributed by atoms with Gasteiger partial charge in [-0.25, -0.2) is 0 Å². The third-order valence-electron chi connectivity index (χ3n) is 2.57. The average Bonchev–Trinajstić information content (AvgIpc) is 2.42. The van der Waals surface area contributed by atoms with E-state index in [-0.39, 0.29) is 6.61 Å². The van der Waals surface area contributed by atoms with Gasteiger partial charge in [0, 0.05) is 24.4 Å². The zero-order valence-electron chi connectivity index (χ0n) is 10.4. The van der Waals surface area contributed by atoms with E-state index in [1.54, 1.807) is 6.20 Å². The molecule has 0 saturated carbocycles. The van der Waals surface area contributed by atoms with Gasteiger partial charge in [-0.1, -0.05) is 0 Å². The Morgan fingerprint density at radius 2 is 2.11 bits per heavy atom. The van der Waals surface area contributed by atoms with E-state index in [1.165, 1.54) is 0 Å².